The molecule has 0 fully saturated rings. The summed E-state index contributed by atoms with van der Waals surface area (Å²) in [6.07, 6.45) is 0. The molecule has 0 unspecified atom stereocenters. The number of phenolic OH excluding ortho intramolecular Hbond substituents is 1. The Labute approximate surface area is 112 Å². The molecule has 0 heterocycles. The Hall–Kier alpha value is -1.36. The Bertz CT molecular complexity index is 711. The molecule has 0 spiro atoms. The van der Waals surface area contributed by atoms with E-state index in [1.165, 1.54) is 6.07 Å². The van der Waals surface area contributed by atoms with E-state index in [2.05, 4.69) is 9.37 Å². The van der Waals surface area contributed by atoms with Gasteiger partial charge in [-0.15, -0.1) is 4.33 Å². The molecule has 0 aliphatic rings. The van der Waals surface area contributed by atoms with Crippen LogP contribution in [0.25, 0.3) is 10.8 Å². The SMILES string of the molecule is O=S(=O)(O)c1cc(O)c2c(SOOO)cccc2c1. The summed E-state index contributed by atoms with van der Waals surface area (Å²) >= 11 is 0.633. The van der Waals surface area contributed by atoms with Gasteiger partial charge in [-0.3, -0.25) is 4.55 Å². The second-order valence-corrected chi connectivity index (χ2v) is 5.66. The lowest BCUT2D eigenvalue weighted by molar-refractivity contribution is -0.432. The first-order valence-corrected chi connectivity index (χ1v) is 6.99. The molecule has 19 heavy (non-hydrogen) atoms. The summed E-state index contributed by atoms with van der Waals surface area (Å²) in [5, 5.41) is 22.1. The summed E-state index contributed by atoms with van der Waals surface area (Å²) in [5.74, 6) is -0.352. The second-order valence-electron chi connectivity index (χ2n) is 3.50. The first-order chi connectivity index (χ1) is 8.93. The van der Waals surface area contributed by atoms with E-state index in [1.54, 1.807) is 18.2 Å². The van der Waals surface area contributed by atoms with Crippen LogP contribution in [0.1, 0.15) is 0 Å². The monoisotopic (exact) mass is 304 g/mol. The fraction of sp³-hybridized carbons (Fsp3) is 0. The van der Waals surface area contributed by atoms with Crippen molar-refractivity contribution in [1.82, 2.24) is 0 Å². The third-order valence-electron chi connectivity index (χ3n) is 2.34. The summed E-state index contributed by atoms with van der Waals surface area (Å²) in [6.45, 7) is 0. The van der Waals surface area contributed by atoms with Gasteiger partial charge in [0.1, 0.15) is 5.75 Å². The third-order valence-corrected chi connectivity index (χ3v) is 3.82. The minimum Gasteiger partial charge on any atom is -0.507 e. The number of hydrogen-bond acceptors (Lipinski definition) is 7. The van der Waals surface area contributed by atoms with Gasteiger partial charge in [0.25, 0.3) is 10.1 Å². The molecule has 0 aliphatic heterocycles. The molecule has 0 amide bonds. The highest BCUT2D eigenvalue weighted by molar-refractivity contribution is 7.94. The van der Waals surface area contributed by atoms with Crippen LogP contribution >= 0.6 is 12.0 Å². The maximum Gasteiger partial charge on any atom is 0.294 e. The molecule has 0 aromatic heterocycles. The molecule has 0 radical (unpaired) electrons. The molecule has 7 nitrogen and oxygen atoms in total. The van der Waals surface area contributed by atoms with E-state index >= 15 is 0 Å². The van der Waals surface area contributed by atoms with E-state index in [0.29, 0.717) is 27.7 Å². The quantitative estimate of drug-likeness (QED) is 0.341. The summed E-state index contributed by atoms with van der Waals surface area (Å²) < 4.78 is 35.3. The molecule has 0 aliphatic carbocycles. The number of fused-ring (bicyclic) bond motifs is 1. The van der Waals surface area contributed by atoms with E-state index in [9.17, 15) is 13.5 Å². The summed E-state index contributed by atoms with van der Waals surface area (Å²) in [6, 6.07) is 6.82. The molecule has 102 valence electrons. The van der Waals surface area contributed by atoms with Gasteiger partial charge in [-0.25, -0.2) is 5.26 Å². The van der Waals surface area contributed by atoms with Gasteiger partial charge in [-0.05, 0) is 17.5 Å². The average Bonchev–Trinajstić information content (AvgIpc) is 2.34. The Balaban J connectivity index is 2.65. The fourth-order valence-electron chi connectivity index (χ4n) is 1.61. The number of rotatable bonds is 4. The van der Waals surface area contributed by atoms with Crippen LogP contribution in [0.15, 0.2) is 40.1 Å². The van der Waals surface area contributed by atoms with Gasteiger partial charge >= 0.3 is 0 Å². The minimum atomic E-state index is -4.41. The Kier molecular flexibility index (Phi) is 3.94. The predicted molar refractivity (Wildman–Crippen MR) is 66.1 cm³/mol. The van der Waals surface area contributed by atoms with Crippen molar-refractivity contribution < 1.29 is 32.7 Å². The lowest BCUT2D eigenvalue weighted by Gasteiger charge is -2.07. The molecule has 0 saturated heterocycles. The van der Waals surface area contributed by atoms with E-state index in [1.807, 2.05) is 0 Å². The Morgan fingerprint density at radius 3 is 2.58 bits per heavy atom. The maximum atomic E-state index is 11.0. The number of hydrogen-bond donors (Lipinski definition) is 3. The van der Waals surface area contributed by atoms with Crippen molar-refractivity contribution in [1.29, 1.82) is 0 Å². The standard InChI is InChI=1S/C10H8O7S2/c11-8-5-7(19(13,14)15)4-6-2-1-3-9(10(6)8)18-17-16-12/h1-5,11-12H,(H,13,14,15). The largest absolute Gasteiger partial charge is 0.507 e. The van der Waals surface area contributed by atoms with Crippen molar-refractivity contribution in [3.05, 3.63) is 30.3 Å². The maximum absolute atomic E-state index is 11.0. The zero-order valence-corrected chi connectivity index (χ0v) is 10.8. The highest BCUT2D eigenvalue weighted by Crippen LogP contribution is 2.36. The van der Waals surface area contributed by atoms with Gasteiger partial charge in [0.05, 0.1) is 21.8 Å². The van der Waals surface area contributed by atoms with Crippen LogP contribution < -0.4 is 0 Å². The molecule has 3 N–H and O–H groups in total. The van der Waals surface area contributed by atoms with Crippen LogP contribution in [0.5, 0.6) is 5.75 Å². The van der Waals surface area contributed by atoms with Crippen molar-refractivity contribution in [2.24, 2.45) is 0 Å². The van der Waals surface area contributed by atoms with Gasteiger partial charge in [0.2, 0.25) is 0 Å². The van der Waals surface area contributed by atoms with E-state index < -0.39 is 15.0 Å². The van der Waals surface area contributed by atoms with Crippen molar-refractivity contribution in [2.45, 2.75) is 9.79 Å². The van der Waals surface area contributed by atoms with Crippen molar-refractivity contribution in [3.63, 3.8) is 0 Å². The van der Waals surface area contributed by atoms with Gasteiger partial charge in [0, 0.05) is 11.5 Å². The summed E-state index contributed by atoms with van der Waals surface area (Å²) in [4.78, 5) is -0.0232. The first kappa shape index (κ1) is 14.1. The molecular formula is C10H8O7S2. The number of benzene rings is 2. The van der Waals surface area contributed by atoms with Crippen LogP contribution in [0.2, 0.25) is 0 Å². The normalized spacial score (nSPS) is 11.9. The van der Waals surface area contributed by atoms with Crippen molar-refractivity contribution in [2.75, 3.05) is 0 Å². The molecule has 2 aromatic carbocycles. The zero-order valence-electron chi connectivity index (χ0n) is 9.18. The highest BCUT2D eigenvalue weighted by atomic mass is 32.2. The van der Waals surface area contributed by atoms with Crippen LogP contribution in [0, 0.1) is 0 Å². The lowest BCUT2D eigenvalue weighted by atomic mass is 10.1. The van der Waals surface area contributed by atoms with Gasteiger partial charge in [-0.1, -0.05) is 17.2 Å². The molecule has 0 saturated carbocycles. The van der Waals surface area contributed by atoms with Crippen molar-refractivity contribution in [3.8, 4) is 5.75 Å². The number of aromatic hydroxyl groups is 1. The third kappa shape index (κ3) is 2.97. The predicted octanol–water partition coefficient (Wildman–Crippen LogP) is 2.22. The van der Waals surface area contributed by atoms with E-state index in [0.717, 1.165) is 6.07 Å². The van der Waals surface area contributed by atoms with Crippen LogP contribution in [-0.2, 0) is 19.5 Å². The Morgan fingerprint density at radius 2 is 1.95 bits per heavy atom. The van der Waals surface area contributed by atoms with E-state index in [-0.39, 0.29) is 5.75 Å². The molecule has 2 rings (SSSR count). The van der Waals surface area contributed by atoms with Gasteiger partial charge in [0.15, 0.2) is 0 Å². The summed E-state index contributed by atoms with van der Waals surface area (Å²) in [7, 11) is -4.41. The molecule has 0 atom stereocenters. The zero-order chi connectivity index (χ0) is 14.0. The molecule has 2 aromatic rings. The topological polar surface area (TPSA) is 113 Å². The van der Waals surface area contributed by atoms with Crippen LogP contribution in [0.3, 0.4) is 0 Å². The fourth-order valence-corrected chi connectivity index (χ4v) is 2.69. The van der Waals surface area contributed by atoms with Crippen LogP contribution in [0.4, 0.5) is 0 Å². The molecular weight excluding hydrogens is 296 g/mol. The highest BCUT2D eigenvalue weighted by Gasteiger charge is 2.15. The first-order valence-electron chi connectivity index (χ1n) is 4.81. The minimum absolute atomic E-state index is 0.303. The Morgan fingerprint density at radius 1 is 1.21 bits per heavy atom. The van der Waals surface area contributed by atoms with Gasteiger partial charge in [-0.2, -0.15) is 8.42 Å². The van der Waals surface area contributed by atoms with E-state index in [4.69, 9.17) is 9.81 Å². The smallest absolute Gasteiger partial charge is 0.294 e. The average molecular weight is 304 g/mol. The lowest BCUT2D eigenvalue weighted by Crippen LogP contribution is -1.98. The second kappa shape index (κ2) is 5.33. The van der Waals surface area contributed by atoms with Gasteiger partial charge < -0.3 is 5.11 Å². The van der Waals surface area contributed by atoms with Crippen LogP contribution in [-0.4, -0.2) is 23.3 Å². The molecule has 9 heteroatoms. The number of phenols is 1. The van der Waals surface area contributed by atoms with Crippen molar-refractivity contribution >= 4 is 32.9 Å². The summed E-state index contributed by atoms with van der Waals surface area (Å²) in [5.41, 5.74) is 0. The molecule has 0 bridgehead atoms.